The first-order valence-corrected chi connectivity index (χ1v) is 7.91. The van der Waals surface area contributed by atoms with Crippen LogP contribution in [0.1, 0.15) is 44.7 Å². The summed E-state index contributed by atoms with van der Waals surface area (Å²) in [6.45, 7) is 4.71. The van der Waals surface area contributed by atoms with Gasteiger partial charge in [0.05, 0.1) is 14.2 Å². The van der Waals surface area contributed by atoms with Gasteiger partial charge in [0.1, 0.15) is 16.5 Å². The normalized spacial score (nSPS) is 22.1. The molecule has 4 heteroatoms. The van der Waals surface area contributed by atoms with Gasteiger partial charge >= 0.3 is 0 Å². The van der Waals surface area contributed by atoms with E-state index >= 15 is 0 Å². The maximum atomic E-state index is 6.42. The molecular weight excluding hydrogens is 286 g/mol. The molecule has 0 radical (unpaired) electrons. The summed E-state index contributed by atoms with van der Waals surface area (Å²) in [5, 5.41) is 4.03. The summed E-state index contributed by atoms with van der Waals surface area (Å²) in [6.07, 6.45) is 3.77. The van der Waals surface area contributed by atoms with E-state index in [-0.39, 0.29) is 6.04 Å². The molecule has 0 saturated heterocycles. The van der Waals surface area contributed by atoms with Gasteiger partial charge in [-0.2, -0.15) is 0 Å². The molecule has 1 fully saturated rings. The summed E-state index contributed by atoms with van der Waals surface area (Å²) >= 11 is 6.42. The van der Waals surface area contributed by atoms with Crippen molar-refractivity contribution in [1.82, 2.24) is 5.32 Å². The molecule has 0 bridgehead atoms. The molecule has 0 spiro atoms. The Morgan fingerprint density at radius 3 is 2.48 bits per heavy atom. The third-order valence-electron chi connectivity index (χ3n) is 4.90. The van der Waals surface area contributed by atoms with Gasteiger partial charge in [-0.3, -0.25) is 0 Å². The van der Waals surface area contributed by atoms with Crippen molar-refractivity contribution in [1.29, 1.82) is 0 Å². The van der Waals surface area contributed by atoms with E-state index < -0.39 is 0 Å². The predicted molar refractivity (Wildman–Crippen MR) is 87.5 cm³/mol. The topological polar surface area (TPSA) is 30.5 Å². The number of benzene rings is 1. The minimum Gasteiger partial charge on any atom is -0.495 e. The molecule has 2 unspecified atom stereocenters. The summed E-state index contributed by atoms with van der Waals surface area (Å²) in [6, 6.07) is 4.23. The van der Waals surface area contributed by atoms with Crippen LogP contribution in [0.4, 0.5) is 0 Å². The second kappa shape index (κ2) is 6.45. The Morgan fingerprint density at radius 2 is 2.00 bits per heavy atom. The van der Waals surface area contributed by atoms with Crippen molar-refractivity contribution in [2.24, 2.45) is 11.3 Å². The van der Waals surface area contributed by atoms with Crippen LogP contribution in [0.25, 0.3) is 0 Å². The second-order valence-corrected chi connectivity index (χ2v) is 6.84. The van der Waals surface area contributed by atoms with Gasteiger partial charge in [-0.25, -0.2) is 0 Å². The first-order chi connectivity index (χ1) is 9.96. The number of methoxy groups -OCH3 is 2. The molecule has 21 heavy (non-hydrogen) atoms. The Bertz CT molecular complexity index is 502. The van der Waals surface area contributed by atoms with Crippen LogP contribution in [-0.4, -0.2) is 21.3 Å². The van der Waals surface area contributed by atoms with E-state index in [1.54, 1.807) is 14.2 Å². The molecule has 2 atom stereocenters. The fourth-order valence-electron chi connectivity index (χ4n) is 3.71. The van der Waals surface area contributed by atoms with Gasteiger partial charge < -0.3 is 14.8 Å². The quantitative estimate of drug-likeness (QED) is 0.871. The molecule has 1 N–H and O–H groups in total. The lowest BCUT2D eigenvalue weighted by molar-refractivity contribution is 0.201. The summed E-state index contributed by atoms with van der Waals surface area (Å²) in [5.41, 5.74) is 1.44. The van der Waals surface area contributed by atoms with E-state index in [0.29, 0.717) is 22.1 Å². The molecule has 1 aliphatic rings. The molecule has 1 aromatic rings. The largest absolute Gasteiger partial charge is 0.495 e. The zero-order chi connectivity index (χ0) is 15.6. The fourth-order valence-corrected chi connectivity index (χ4v) is 4.03. The standard InChI is InChI=1S/C17H26ClNO2/c1-17(2)10-6-7-12(17)15(19-3)11-8-9-13(20-4)14(18)16(11)21-5/h8-9,12,15,19H,6-7,10H2,1-5H3. The zero-order valence-corrected chi connectivity index (χ0v) is 14.4. The van der Waals surface area contributed by atoms with E-state index in [2.05, 4.69) is 25.2 Å². The van der Waals surface area contributed by atoms with Crippen molar-refractivity contribution in [2.75, 3.05) is 21.3 Å². The van der Waals surface area contributed by atoms with Crippen LogP contribution in [0.15, 0.2) is 12.1 Å². The molecule has 1 aromatic carbocycles. The van der Waals surface area contributed by atoms with Crippen LogP contribution < -0.4 is 14.8 Å². The highest BCUT2D eigenvalue weighted by atomic mass is 35.5. The molecular formula is C17H26ClNO2. The average molecular weight is 312 g/mol. The maximum absolute atomic E-state index is 6.42. The van der Waals surface area contributed by atoms with Crippen molar-refractivity contribution in [2.45, 2.75) is 39.2 Å². The first kappa shape index (κ1) is 16.4. The Balaban J connectivity index is 2.45. The maximum Gasteiger partial charge on any atom is 0.146 e. The fraction of sp³-hybridized carbons (Fsp3) is 0.647. The lowest BCUT2D eigenvalue weighted by atomic mass is 9.75. The van der Waals surface area contributed by atoms with Gasteiger partial charge in [0.25, 0.3) is 0 Å². The van der Waals surface area contributed by atoms with E-state index in [1.807, 2.05) is 13.1 Å². The minimum atomic E-state index is 0.237. The molecule has 0 heterocycles. The number of ether oxygens (including phenoxy) is 2. The van der Waals surface area contributed by atoms with Crippen molar-refractivity contribution in [3.63, 3.8) is 0 Å². The molecule has 3 nitrogen and oxygen atoms in total. The van der Waals surface area contributed by atoms with Crippen molar-refractivity contribution < 1.29 is 9.47 Å². The van der Waals surface area contributed by atoms with E-state index in [1.165, 1.54) is 19.3 Å². The van der Waals surface area contributed by atoms with Gasteiger partial charge in [0.15, 0.2) is 0 Å². The number of halogens is 1. The third kappa shape index (κ3) is 3.00. The monoisotopic (exact) mass is 311 g/mol. The van der Waals surface area contributed by atoms with Crippen LogP contribution >= 0.6 is 11.6 Å². The third-order valence-corrected chi connectivity index (χ3v) is 5.26. The van der Waals surface area contributed by atoms with Gasteiger partial charge in [-0.1, -0.05) is 31.9 Å². The highest BCUT2D eigenvalue weighted by Crippen LogP contribution is 2.51. The molecule has 0 aromatic heterocycles. The highest BCUT2D eigenvalue weighted by molar-refractivity contribution is 6.33. The first-order valence-electron chi connectivity index (χ1n) is 7.54. The van der Waals surface area contributed by atoms with Crippen LogP contribution in [-0.2, 0) is 0 Å². The predicted octanol–water partition coefficient (Wildman–Crippen LogP) is 4.44. The highest BCUT2D eigenvalue weighted by Gasteiger charge is 2.40. The summed E-state index contributed by atoms with van der Waals surface area (Å²) in [5.74, 6) is 1.94. The van der Waals surface area contributed by atoms with E-state index in [4.69, 9.17) is 21.1 Å². The lowest BCUT2D eigenvalue weighted by Crippen LogP contribution is -2.32. The summed E-state index contributed by atoms with van der Waals surface area (Å²) in [7, 11) is 5.29. The molecule has 0 amide bonds. The Kier molecular flexibility index (Phi) is 5.05. The van der Waals surface area contributed by atoms with Gasteiger partial charge in [-0.05, 0) is 43.4 Å². The zero-order valence-electron chi connectivity index (χ0n) is 13.6. The van der Waals surface area contributed by atoms with Gasteiger partial charge in [0.2, 0.25) is 0 Å². The lowest BCUT2D eigenvalue weighted by Gasteiger charge is -2.35. The van der Waals surface area contributed by atoms with Crippen LogP contribution in [0.2, 0.25) is 5.02 Å². The molecule has 1 aliphatic carbocycles. The van der Waals surface area contributed by atoms with Gasteiger partial charge in [0, 0.05) is 11.6 Å². The average Bonchev–Trinajstić information content (AvgIpc) is 2.80. The van der Waals surface area contributed by atoms with E-state index in [0.717, 1.165) is 11.3 Å². The Labute approximate surface area is 133 Å². The number of rotatable bonds is 5. The minimum absolute atomic E-state index is 0.237. The van der Waals surface area contributed by atoms with Crippen LogP contribution in [0, 0.1) is 11.3 Å². The molecule has 1 saturated carbocycles. The van der Waals surface area contributed by atoms with Crippen molar-refractivity contribution in [3.8, 4) is 11.5 Å². The van der Waals surface area contributed by atoms with E-state index in [9.17, 15) is 0 Å². The van der Waals surface area contributed by atoms with Crippen LogP contribution in [0.3, 0.4) is 0 Å². The number of hydrogen-bond acceptors (Lipinski definition) is 3. The van der Waals surface area contributed by atoms with Crippen molar-refractivity contribution in [3.05, 3.63) is 22.7 Å². The summed E-state index contributed by atoms with van der Waals surface area (Å²) in [4.78, 5) is 0. The Hall–Kier alpha value is -0.930. The molecule has 118 valence electrons. The second-order valence-electron chi connectivity index (χ2n) is 6.46. The van der Waals surface area contributed by atoms with Crippen molar-refractivity contribution >= 4 is 11.6 Å². The van der Waals surface area contributed by atoms with Crippen LogP contribution in [0.5, 0.6) is 11.5 Å². The smallest absolute Gasteiger partial charge is 0.146 e. The van der Waals surface area contributed by atoms with Gasteiger partial charge in [-0.15, -0.1) is 0 Å². The summed E-state index contributed by atoms with van der Waals surface area (Å²) < 4.78 is 10.9. The number of hydrogen-bond donors (Lipinski definition) is 1. The number of nitrogens with one attached hydrogen (secondary N) is 1. The molecule has 0 aliphatic heterocycles. The Morgan fingerprint density at radius 1 is 1.29 bits per heavy atom. The SMILES string of the molecule is CNC(c1ccc(OC)c(Cl)c1OC)C1CCCC1(C)C. The molecule has 2 rings (SSSR count).